The lowest BCUT2D eigenvalue weighted by Gasteiger charge is -2.33. The van der Waals surface area contributed by atoms with E-state index in [0.717, 1.165) is 37.1 Å². The summed E-state index contributed by atoms with van der Waals surface area (Å²) in [5.74, 6) is 0.0247. The molecule has 0 aromatic carbocycles. The number of piperazine rings is 1. The molecule has 114 valence electrons. The molecule has 1 fully saturated rings. The van der Waals surface area contributed by atoms with Gasteiger partial charge in [-0.25, -0.2) is 4.98 Å². The van der Waals surface area contributed by atoms with Gasteiger partial charge in [0.2, 0.25) is 0 Å². The Bertz CT molecular complexity index is 643. The molecule has 21 heavy (non-hydrogen) atoms. The number of fused-ring (bicyclic) bond motifs is 1. The average Bonchev–Trinajstić information content (AvgIpc) is 2.89. The number of pyridine rings is 1. The van der Waals surface area contributed by atoms with Crippen LogP contribution in [0.15, 0.2) is 16.8 Å². The maximum absolute atomic E-state index is 12.6. The van der Waals surface area contributed by atoms with Gasteiger partial charge in [0, 0.05) is 31.9 Å². The maximum atomic E-state index is 12.6. The molecule has 1 aliphatic rings. The Balaban J connectivity index is 0.00000161. The van der Waals surface area contributed by atoms with E-state index in [1.165, 1.54) is 0 Å². The van der Waals surface area contributed by atoms with Crippen molar-refractivity contribution in [2.45, 2.75) is 26.3 Å². The van der Waals surface area contributed by atoms with Crippen LogP contribution in [0, 0.1) is 0 Å². The molecule has 6 nitrogen and oxygen atoms in total. The van der Waals surface area contributed by atoms with Crippen LogP contribution in [0.25, 0.3) is 11.1 Å². The molecule has 0 radical (unpaired) electrons. The van der Waals surface area contributed by atoms with E-state index < -0.39 is 0 Å². The largest absolute Gasteiger partial charge is 0.336 e. The quantitative estimate of drug-likeness (QED) is 0.913. The molecule has 1 atom stereocenters. The van der Waals surface area contributed by atoms with Crippen LogP contribution in [0.4, 0.5) is 0 Å². The number of nitrogens with zero attached hydrogens (tertiary/aromatic N) is 3. The molecule has 2 aromatic rings. The number of hydrogen-bond donors (Lipinski definition) is 1. The summed E-state index contributed by atoms with van der Waals surface area (Å²) < 4.78 is 5.15. The minimum absolute atomic E-state index is 0. The summed E-state index contributed by atoms with van der Waals surface area (Å²) in [5.41, 5.74) is 1.94. The predicted octanol–water partition coefficient (Wildman–Crippen LogP) is 1.64. The highest BCUT2D eigenvalue weighted by Crippen LogP contribution is 2.19. The van der Waals surface area contributed by atoms with Crippen molar-refractivity contribution in [1.82, 2.24) is 20.4 Å². The number of aromatic nitrogens is 2. The Kier molecular flexibility index (Phi) is 4.80. The number of amides is 1. The number of carbonyl (C=O) groups excluding carboxylic acids is 1. The lowest BCUT2D eigenvalue weighted by Crippen LogP contribution is -2.52. The zero-order chi connectivity index (χ0) is 14.1. The van der Waals surface area contributed by atoms with Gasteiger partial charge in [-0.2, -0.15) is 0 Å². The molecule has 1 unspecified atom stereocenters. The fourth-order valence-corrected chi connectivity index (χ4v) is 2.56. The molecule has 0 saturated carbocycles. The van der Waals surface area contributed by atoms with Gasteiger partial charge in [0.1, 0.15) is 0 Å². The lowest BCUT2D eigenvalue weighted by atomic mass is 10.1. The van der Waals surface area contributed by atoms with Gasteiger partial charge in [-0.1, -0.05) is 12.1 Å². The molecule has 0 aliphatic carbocycles. The predicted molar refractivity (Wildman–Crippen MR) is 81.8 cm³/mol. The molecular weight excluding hydrogens is 292 g/mol. The normalized spacial score (nSPS) is 18.6. The number of nitrogens with one attached hydrogen (secondary N) is 1. The Morgan fingerprint density at radius 1 is 1.57 bits per heavy atom. The van der Waals surface area contributed by atoms with Crippen molar-refractivity contribution < 1.29 is 9.32 Å². The molecule has 1 N–H and O–H groups in total. The van der Waals surface area contributed by atoms with Crippen molar-refractivity contribution in [3.8, 4) is 0 Å². The maximum Gasteiger partial charge on any atom is 0.257 e. The third-order valence-electron chi connectivity index (χ3n) is 3.75. The van der Waals surface area contributed by atoms with E-state index >= 15 is 0 Å². The number of halogens is 1. The molecule has 3 heterocycles. The monoisotopic (exact) mass is 310 g/mol. The van der Waals surface area contributed by atoms with Crippen LogP contribution in [0.5, 0.6) is 0 Å². The summed E-state index contributed by atoms with van der Waals surface area (Å²) in [6, 6.07) is 2.04. The Morgan fingerprint density at radius 3 is 3.10 bits per heavy atom. The summed E-state index contributed by atoms with van der Waals surface area (Å²) >= 11 is 0. The van der Waals surface area contributed by atoms with Gasteiger partial charge in [-0.3, -0.25) is 4.79 Å². The van der Waals surface area contributed by atoms with Crippen molar-refractivity contribution in [2.75, 3.05) is 19.6 Å². The molecule has 3 rings (SSSR count). The van der Waals surface area contributed by atoms with E-state index in [9.17, 15) is 4.79 Å². The first-order valence-corrected chi connectivity index (χ1v) is 6.96. The van der Waals surface area contributed by atoms with E-state index in [1.54, 1.807) is 6.20 Å². The fraction of sp³-hybridized carbons (Fsp3) is 0.500. The van der Waals surface area contributed by atoms with Crippen LogP contribution in [0.3, 0.4) is 0 Å². The Morgan fingerprint density at radius 2 is 2.38 bits per heavy atom. The number of rotatable bonds is 2. The Hall–Kier alpha value is -1.66. The van der Waals surface area contributed by atoms with Gasteiger partial charge in [-0.05, 0) is 19.4 Å². The molecule has 1 amide bonds. The standard InChI is InChI=1S/C14H18N4O2.ClH/c1-3-12-11-6-10(8-16-13(11)20-17-12)14(19)18-5-4-15-7-9(18)2;/h6,8-9,15H,3-5,7H2,1-2H3;1H. The Labute approximate surface area is 129 Å². The summed E-state index contributed by atoms with van der Waals surface area (Å²) in [4.78, 5) is 18.7. The van der Waals surface area contributed by atoms with Crippen LogP contribution in [-0.2, 0) is 6.42 Å². The van der Waals surface area contributed by atoms with E-state index in [4.69, 9.17) is 4.52 Å². The highest BCUT2D eigenvalue weighted by Gasteiger charge is 2.25. The number of aryl methyl sites for hydroxylation is 1. The molecule has 2 aromatic heterocycles. The number of carbonyl (C=O) groups is 1. The van der Waals surface area contributed by atoms with Crippen LogP contribution >= 0.6 is 12.4 Å². The summed E-state index contributed by atoms with van der Waals surface area (Å²) in [6.07, 6.45) is 2.33. The second kappa shape index (κ2) is 6.41. The van der Waals surface area contributed by atoms with E-state index in [2.05, 4.69) is 15.5 Å². The van der Waals surface area contributed by atoms with Crippen molar-refractivity contribution in [3.05, 3.63) is 23.5 Å². The molecule has 0 spiro atoms. The van der Waals surface area contributed by atoms with E-state index in [1.807, 2.05) is 24.8 Å². The molecule has 1 aliphatic heterocycles. The van der Waals surface area contributed by atoms with Crippen molar-refractivity contribution in [3.63, 3.8) is 0 Å². The smallest absolute Gasteiger partial charge is 0.257 e. The lowest BCUT2D eigenvalue weighted by molar-refractivity contribution is 0.0655. The van der Waals surface area contributed by atoms with Gasteiger partial charge in [0.05, 0.1) is 16.6 Å². The minimum Gasteiger partial charge on any atom is -0.336 e. The van der Waals surface area contributed by atoms with Gasteiger partial charge in [-0.15, -0.1) is 12.4 Å². The highest BCUT2D eigenvalue weighted by atomic mass is 35.5. The van der Waals surface area contributed by atoms with Gasteiger partial charge in [0.15, 0.2) is 0 Å². The van der Waals surface area contributed by atoms with Crippen molar-refractivity contribution in [1.29, 1.82) is 0 Å². The highest BCUT2D eigenvalue weighted by molar-refractivity contribution is 5.97. The van der Waals surface area contributed by atoms with E-state index in [-0.39, 0.29) is 24.4 Å². The summed E-state index contributed by atoms with van der Waals surface area (Å²) in [6.45, 7) is 6.44. The van der Waals surface area contributed by atoms with Crippen LogP contribution in [-0.4, -0.2) is 46.6 Å². The van der Waals surface area contributed by atoms with Crippen molar-refractivity contribution >= 4 is 29.4 Å². The van der Waals surface area contributed by atoms with Crippen molar-refractivity contribution in [2.24, 2.45) is 0 Å². The third-order valence-corrected chi connectivity index (χ3v) is 3.75. The SMILES string of the molecule is CCc1noc2ncc(C(=O)N3CCNCC3C)cc12.Cl. The van der Waals surface area contributed by atoms with Crippen LogP contribution < -0.4 is 5.32 Å². The molecule has 1 saturated heterocycles. The molecule has 7 heteroatoms. The van der Waals surface area contributed by atoms with Gasteiger partial charge >= 0.3 is 0 Å². The second-order valence-corrected chi connectivity index (χ2v) is 5.11. The van der Waals surface area contributed by atoms with Crippen LogP contribution in [0.2, 0.25) is 0 Å². The molecule has 0 bridgehead atoms. The van der Waals surface area contributed by atoms with Crippen LogP contribution in [0.1, 0.15) is 29.9 Å². The summed E-state index contributed by atoms with van der Waals surface area (Å²) in [5, 5.41) is 8.08. The molecular formula is C14H19ClN4O2. The fourth-order valence-electron chi connectivity index (χ4n) is 2.56. The first-order valence-electron chi connectivity index (χ1n) is 6.96. The second-order valence-electron chi connectivity index (χ2n) is 5.11. The third kappa shape index (κ3) is 2.87. The topological polar surface area (TPSA) is 71.3 Å². The van der Waals surface area contributed by atoms with Gasteiger partial charge < -0.3 is 14.7 Å². The first kappa shape index (κ1) is 15.7. The van der Waals surface area contributed by atoms with E-state index in [0.29, 0.717) is 11.3 Å². The van der Waals surface area contributed by atoms with Gasteiger partial charge in [0.25, 0.3) is 11.6 Å². The number of hydrogen-bond acceptors (Lipinski definition) is 5. The average molecular weight is 311 g/mol. The zero-order valence-electron chi connectivity index (χ0n) is 12.1. The zero-order valence-corrected chi connectivity index (χ0v) is 12.9. The minimum atomic E-state index is 0. The first-order chi connectivity index (χ1) is 9.70. The summed E-state index contributed by atoms with van der Waals surface area (Å²) in [7, 11) is 0.